The molecule has 0 radical (unpaired) electrons. The number of benzene rings is 1. The van der Waals surface area contributed by atoms with Gasteiger partial charge in [-0.15, -0.1) is 0 Å². The molecule has 0 aliphatic heterocycles. The number of phenolic OH excluding ortho intramolecular Hbond substituents is 1. The largest absolute Gasteiger partial charge is 0.507 e. The molecule has 0 fully saturated rings. The van der Waals surface area contributed by atoms with E-state index in [-0.39, 0.29) is 11.7 Å². The van der Waals surface area contributed by atoms with Gasteiger partial charge in [0.05, 0.1) is 6.20 Å². The smallest absolute Gasteiger partial charge is 0.261 e. The fourth-order valence-corrected chi connectivity index (χ4v) is 3.95. The second-order valence-corrected chi connectivity index (χ2v) is 7.92. The molecule has 0 spiro atoms. The number of nitrogens with one attached hydrogen (secondary N) is 1. The minimum absolute atomic E-state index is 0.0142. The second-order valence-electron chi connectivity index (χ2n) is 5.21. The van der Waals surface area contributed by atoms with Crippen LogP contribution in [-0.4, -0.2) is 30.6 Å². The van der Waals surface area contributed by atoms with Gasteiger partial charge in [-0.3, -0.25) is 4.79 Å². The Hall–Kier alpha value is -2.49. The van der Waals surface area contributed by atoms with Crippen molar-refractivity contribution in [2.24, 2.45) is 0 Å². The Labute approximate surface area is 164 Å². The maximum atomic E-state index is 12.7. The third-order valence-electron chi connectivity index (χ3n) is 3.57. The fraction of sp³-hybridized carbons (Fsp3) is 0. The van der Waals surface area contributed by atoms with Gasteiger partial charge in [-0.2, -0.15) is 5.10 Å². The molecule has 1 aromatic carbocycles. The van der Waals surface area contributed by atoms with Crippen LogP contribution in [0.15, 0.2) is 46.8 Å². The normalized spacial score (nSPS) is 11.0. The highest BCUT2D eigenvalue weighted by Gasteiger charge is 2.20. The molecule has 4 aromatic rings. The van der Waals surface area contributed by atoms with Crippen molar-refractivity contribution in [1.29, 1.82) is 0 Å². The molecule has 1 amide bonds. The van der Waals surface area contributed by atoms with Crippen LogP contribution in [0.2, 0.25) is 5.02 Å². The summed E-state index contributed by atoms with van der Waals surface area (Å²) in [7, 11) is 0. The molecule has 0 aliphatic carbocycles. The number of aromatic nitrogens is 4. The summed E-state index contributed by atoms with van der Waals surface area (Å²) >= 11 is 10.6. The van der Waals surface area contributed by atoms with Gasteiger partial charge in [0.1, 0.15) is 22.0 Å². The SMILES string of the molecule is O=C(Nc1sc(Br)nc1-c1cc(Cl)ccc1O)c1cnn2cccnc12. The lowest BCUT2D eigenvalue weighted by atomic mass is 10.1. The molecule has 26 heavy (non-hydrogen) atoms. The molecule has 0 unspecified atom stereocenters. The third kappa shape index (κ3) is 3.05. The van der Waals surface area contributed by atoms with Crippen molar-refractivity contribution >= 4 is 55.4 Å². The minimum atomic E-state index is -0.377. The topological polar surface area (TPSA) is 92.4 Å². The number of anilines is 1. The summed E-state index contributed by atoms with van der Waals surface area (Å²) in [6, 6.07) is 6.36. The van der Waals surface area contributed by atoms with Crippen LogP contribution in [0, 0.1) is 0 Å². The molecule has 2 N–H and O–H groups in total. The Morgan fingerprint density at radius 1 is 1.38 bits per heavy atom. The van der Waals surface area contributed by atoms with E-state index in [1.807, 2.05) is 0 Å². The highest BCUT2D eigenvalue weighted by atomic mass is 79.9. The van der Waals surface area contributed by atoms with Crippen LogP contribution in [0.5, 0.6) is 5.75 Å². The first-order chi connectivity index (χ1) is 12.5. The van der Waals surface area contributed by atoms with Crippen molar-refractivity contribution < 1.29 is 9.90 Å². The fourth-order valence-electron chi connectivity index (χ4n) is 2.42. The number of nitrogens with zero attached hydrogens (tertiary/aromatic N) is 4. The highest BCUT2D eigenvalue weighted by Crippen LogP contribution is 2.40. The Bertz CT molecular complexity index is 1140. The van der Waals surface area contributed by atoms with Crippen molar-refractivity contribution in [2.75, 3.05) is 5.32 Å². The average Bonchev–Trinajstić information content (AvgIpc) is 3.20. The van der Waals surface area contributed by atoms with Gasteiger partial charge in [0.15, 0.2) is 9.56 Å². The number of aromatic hydroxyl groups is 1. The first-order valence-corrected chi connectivity index (χ1v) is 9.26. The Morgan fingerprint density at radius 3 is 3.08 bits per heavy atom. The zero-order valence-electron chi connectivity index (χ0n) is 12.8. The molecule has 0 aliphatic rings. The number of rotatable bonds is 3. The zero-order chi connectivity index (χ0) is 18.3. The van der Waals surface area contributed by atoms with E-state index < -0.39 is 0 Å². The van der Waals surface area contributed by atoms with E-state index in [1.54, 1.807) is 30.6 Å². The van der Waals surface area contributed by atoms with Gasteiger partial charge in [0, 0.05) is 23.0 Å². The number of hydrogen-bond donors (Lipinski definition) is 2. The summed E-state index contributed by atoms with van der Waals surface area (Å²) < 4.78 is 2.07. The third-order valence-corrected chi connectivity index (χ3v) is 5.22. The van der Waals surface area contributed by atoms with E-state index in [1.165, 1.54) is 28.1 Å². The van der Waals surface area contributed by atoms with Crippen LogP contribution in [0.4, 0.5) is 5.00 Å². The zero-order valence-corrected chi connectivity index (χ0v) is 16.0. The maximum Gasteiger partial charge on any atom is 0.261 e. The number of carbonyl (C=O) groups is 1. The monoisotopic (exact) mass is 449 g/mol. The lowest BCUT2D eigenvalue weighted by Crippen LogP contribution is -2.11. The number of fused-ring (bicyclic) bond motifs is 1. The molecular weight excluding hydrogens is 442 g/mol. The van der Waals surface area contributed by atoms with Crippen LogP contribution in [0.1, 0.15) is 10.4 Å². The quantitative estimate of drug-likeness (QED) is 0.487. The van der Waals surface area contributed by atoms with E-state index in [0.717, 1.165) is 0 Å². The van der Waals surface area contributed by atoms with Gasteiger partial charge >= 0.3 is 0 Å². The molecule has 4 rings (SSSR count). The predicted octanol–water partition coefficient (Wildman–Crippen LogP) is 4.23. The van der Waals surface area contributed by atoms with E-state index in [9.17, 15) is 9.90 Å². The van der Waals surface area contributed by atoms with Crippen LogP contribution < -0.4 is 5.32 Å². The van der Waals surface area contributed by atoms with E-state index in [2.05, 4.69) is 36.3 Å². The van der Waals surface area contributed by atoms with Gasteiger partial charge in [-0.05, 0) is 40.2 Å². The van der Waals surface area contributed by atoms with Gasteiger partial charge in [-0.1, -0.05) is 22.9 Å². The molecule has 3 aromatic heterocycles. The lowest BCUT2D eigenvalue weighted by molar-refractivity contribution is 0.102. The number of carbonyl (C=O) groups excluding carboxylic acids is 1. The van der Waals surface area contributed by atoms with Crippen LogP contribution in [-0.2, 0) is 0 Å². The Balaban J connectivity index is 1.73. The summed E-state index contributed by atoms with van der Waals surface area (Å²) in [5.74, 6) is -0.363. The number of thiazole rings is 1. The highest BCUT2D eigenvalue weighted by molar-refractivity contribution is 9.11. The number of phenols is 1. The van der Waals surface area contributed by atoms with Crippen LogP contribution >= 0.6 is 38.9 Å². The van der Waals surface area contributed by atoms with Crippen molar-refractivity contribution in [3.63, 3.8) is 0 Å². The van der Waals surface area contributed by atoms with E-state index in [4.69, 9.17) is 11.6 Å². The average molecular weight is 451 g/mol. The standard InChI is InChI=1S/C16H9BrClN5O2S/c17-16-21-12(9-6-8(18)2-3-11(9)24)15(26-16)22-14(25)10-7-20-23-5-1-4-19-13(10)23/h1-7,24H,(H,22,25). The van der Waals surface area contributed by atoms with Gasteiger partial charge in [0.25, 0.3) is 5.91 Å². The Kier molecular flexibility index (Phi) is 4.35. The second kappa shape index (κ2) is 6.67. The number of hydrogen-bond acceptors (Lipinski definition) is 6. The summed E-state index contributed by atoms with van der Waals surface area (Å²) in [6.07, 6.45) is 4.74. The summed E-state index contributed by atoms with van der Waals surface area (Å²) in [6.45, 7) is 0. The molecule has 0 atom stereocenters. The molecule has 10 heteroatoms. The van der Waals surface area contributed by atoms with Crippen molar-refractivity contribution in [2.45, 2.75) is 0 Å². The van der Waals surface area contributed by atoms with Crippen molar-refractivity contribution in [3.8, 4) is 17.0 Å². The summed E-state index contributed by atoms with van der Waals surface area (Å²) in [4.78, 5) is 21.2. The lowest BCUT2D eigenvalue weighted by Gasteiger charge is -2.06. The molecule has 0 bridgehead atoms. The molecular formula is C16H9BrClN5O2S. The van der Waals surface area contributed by atoms with E-state index in [0.29, 0.717) is 36.4 Å². The minimum Gasteiger partial charge on any atom is -0.507 e. The first kappa shape index (κ1) is 17.0. The maximum absolute atomic E-state index is 12.7. The number of halogens is 2. The Morgan fingerprint density at radius 2 is 2.23 bits per heavy atom. The molecule has 130 valence electrons. The van der Waals surface area contributed by atoms with Gasteiger partial charge in [0.2, 0.25) is 0 Å². The van der Waals surface area contributed by atoms with Crippen LogP contribution in [0.3, 0.4) is 0 Å². The van der Waals surface area contributed by atoms with E-state index >= 15 is 0 Å². The summed E-state index contributed by atoms with van der Waals surface area (Å²) in [5, 5.41) is 18.0. The molecule has 7 nitrogen and oxygen atoms in total. The molecule has 0 saturated heterocycles. The summed E-state index contributed by atoms with van der Waals surface area (Å²) in [5.41, 5.74) is 1.62. The number of amides is 1. The van der Waals surface area contributed by atoms with Crippen molar-refractivity contribution in [3.05, 3.63) is 57.4 Å². The van der Waals surface area contributed by atoms with Gasteiger partial charge in [-0.25, -0.2) is 14.5 Å². The molecule has 0 saturated carbocycles. The van der Waals surface area contributed by atoms with Crippen molar-refractivity contribution in [1.82, 2.24) is 19.6 Å². The predicted molar refractivity (Wildman–Crippen MR) is 103 cm³/mol. The van der Waals surface area contributed by atoms with Crippen LogP contribution in [0.25, 0.3) is 16.9 Å². The first-order valence-electron chi connectivity index (χ1n) is 7.28. The molecule has 3 heterocycles. The van der Waals surface area contributed by atoms with Gasteiger partial charge < -0.3 is 10.4 Å².